The number of hydrogen-bond acceptors (Lipinski definition) is 4. The molecule has 0 fully saturated rings. The zero-order valence-corrected chi connectivity index (χ0v) is 8.94. The van der Waals surface area contributed by atoms with Gasteiger partial charge in [0.2, 0.25) is 0 Å². The maximum atomic E-state index is 8.85. The van der Waals surface area contributed by atoms with Crippen LogP contribution in [0.5, 0.6) is 0 Å². The fourth-order valence-electron chi connectivity index (χ4n) is 1.18. The number of benzene rings is 1. The van der Waals surface area contributed by atoms with Gasteiger partial charge in [-0.2, -0.15) is 5.26 Å². The molecule has 2 rings (SSSR count). The maximum absolute atomic E-state index is 8.85. The van der Waals surface area contributed by atoms with E-state index in [2.05, 4.69) is 15.3 Å². The number of hydrogen-bond donors (Lipinski definition) is 1. The van der Waals surface area contributed by atoms with Crippen LogP contribution in [0.3, 0.4) is 0 Å². The van der Waals surface area contributed by atoms with Gasteiger partial charge in [-0.25, -0.2) is 9.97 Å². The second-order valence-electron chi connectivity index (χ2n) is 3.03. The van der Waals surface area contributed by atoms with E-state index in [1.54, 1.807) is 12.1 Å². The first-order chi connectivity index (χ1) is 7.79. The molecule has 16 heavy (non-hydrogen) atoms. The van der Waals surface area contributed by atoms with Gasteiger partial charge in [-0.3, -0.25) is 0 Å². The summed E-state index contributed by atoms with van der Waals surface area (Å²) >= 11 is 5.77. The molecule has 0 amide bonds. The molecule has 0 aliphatic rings. The van der Waals surface area contributed by atoms with Crippen molar-refractivity contribution in [1.29, 1.82) is 5.26 Å². The summed E-state index contributed by atoms with van der Waals surface area (Å²) in [6.45, 7) is 0. The predicted molar refractivity (Wildman–Crippen MR) is 61.5 cm³/mol. The molecule has 5 heteroatoms. The van der Waals surface area contributed by atoms with Gasteiger partial charge in [-0.15, -0.1) is 0 Å². The Hall–Kier alpha value is -2.12. The molecule has 4 nitrogen and oxygen atoms in total. The van der Waals surface area contributed by atoms with E-state index in [0.717, 1.165) is 5.69 Å². The lowest BCUT2D eigenvalue weighted by Gasteiger charge is -2.05. The lowest BCUT2D eigenvalue weighted by molar-refractivity contribution is 1.15. The number of nitriles is 1. The Morgan fingerprint density at radius 2 is 2.00 bits per heavy atom. The smallest absolute Gasteiger partial charge is 0.151 e. The van der Waals surface area contributed by atoms with Gasteiger partial charge in [0.15, 0.2) is 5.82 Å². The minimum atomic E-state index is 0.400. The van der Waals surface area contributed by atoms with Crippen molar-refractivity contribution in [2.45, 2.75) is 0 Å². The summed E-state index contributed by atoms with van der Waals surface area (Å²) in [6.07, 6.45) is 2.85. The molecular formula is C11H7ClN4. The van der Waals surface area contributed by atoms with Crippen LogP contribution < -0.4 is 5.32 Å². The van der Waals surface area contributed by atoms with Crippen LogP contribution >= 0.6 is 11.6 Å². The number of rotatable bonds is 2. The first-order valence-electron chi connectivity index (χ1n) is 4.52. The Labute approximate surface area is 97.5 Å². The van der Waals surface area contributed by atoms with E-state index in [1.165, 1.54) is 12.5 Å². The predicted octanol–water partition coefficient (Wildman–Crippen LogP) is 2.75. The van der Waals surface area contributed by atoms with Crippen LogP contribution in [0.1, 0.15) is 5.56 Å². The highest BCUT2D eigenvalue weighted by Gasteiger charge is 2.02. The van der Waals surface area contributed by atoms with Crippen LogP contribution in [0.2, 0.25) is 5.02 Å². The van der Waals surface area contributed by atoms with Crippen molar-refractivity contribution in [1.82, 2.24) is 9.97 Å². The molecule has 0 spiro atoms. The van der Waals surface area contributed by atoms with E-state index in [1.807, 2.05) is 18.2 Å². The van der Waals surface area contributed by atoms with Gasteiger partial charge >= 0.3 is 0 Å². The minimum absolute atomic E-state index is 0.400. The molecule has 1 aromatic heterocycles. The molecule has 1 N–H and O–H groups in total. The lowest BCUT2D eigenvalue weighted by atomic mass is 10.3. The summed E-state index contributed by atoms with van der Waals surface area (Å²) in [4.78, 5) is 7.77. The first kappa shape index (κ1) is 10.4. The van der Waals surface area contributed by atoms with Gasteiger partial charge in [0.05, 0.1) is 6.20 Å². The number of anilines is 2. The zero-order valence-electron chi connectivity index (χ0n) is 8.18. The summed E-state index contributed by atoms with van der Waals surface area (Å²) in [5, 5.41) is 12.5. The van der Waals surface area contributed by atoms with Gasteiger partial charge in [-0.05, 0) is 24.3 Å². The van der Waals surface area contributed by atoms with Crippen molar-refractivity contribution in [2.75, 3.05) is 5.32 Å². The Morgan fingerprint density at radius 1 is 1.25 bits per heavy atom. The Kier molecular flexibility index (Phi) is 2.99. The highest BCUT2D eigenvalue weighted by molar-refractivity contribution is 6.30. The molecule has 0 saturated carbocycles. The van der Waals surface area contributed by atoms with Crippen molar-refractivity contribution in [3.8, 4) is 6.07 Å². The number of halogens is 1. The molecule has 78 valence electrons. The molecule has 0 saturated heterocycles. The normalized spacial score (nSPS) is 9.50. The standard InChI is InChI=1S/C11H7ClN4/c12-9-1-3-10(4-2-9)16-11-8(5-13)6-14-7-15-11/h1-4,6-7H,(H,14,15,16). The summed E-state index contributed by atoms with van der Waals surface area (Å²) in [5.41, 5.74) is 1.22. The van der Waals surface area contributed by atoms with Gasteiger partial charge in [0.25, 0.3) is 0 Å². The number of nitrogens with one attached hydrogen (secondary N) is 1. The van der Waals surface area contributed by atoms with Gasteiger partial charge < -0.3 is 5.32 Å². The third kappa shape index (κ3) is 2.27. The van der Waals surface area contributed by atoms with E-state index in [9.17, 15) is 0 Å². The van der Waals surface area contributed by atoms with Crippen LogP contribution in [0.15, 0.2) is 36.8 Å². The van der Waals surface area contributed by atoms with E-state index >= 15 is 0 Å². The van der Waals surface area contributed by atoms with Crippen molar-refractivity contribution in [3.63, 3.8) is 0 Å². The topological polar surface area (TPSA) is 61.6 Å². The highest BCUT2D eigenvalue weighted by Crippen LogP contribution is 2.19. The van der Waals surface area contributed by atoms with E-state index in [0.29, 0.717) is 16.4 Å². The molecule has 2 aromatic rings. The largest absolute Gasteiger partial charge is 0.339 e. The SMILES string of the molecule is N#Cc1cncnc1Nc1ccc(Cl)cc1. The summed E-state index contributed by atoms with van der Waals surface area (Å²) in [6, 6.07) is 9.16. The second-order valence-corrected chi connectivity index (χ2v) is 3.47. The number of nitrogens with zero attached hydrogens (tertiary/aromatic N) is 3. The maximum Gasteiger partial charge on any atom is 0.151 e. The third-order valence-electron chi connectivity index (χ3n) is 1.94. The van der Waals surface area contributed by atoms with Crippen LogP contribution in [-0.4, -0.2) is 9.97 Å². The minimum Gasteiger partial charge on any atom is -0.339 e. The molecule has 1 heterocycles. The van der Waals surface area contributed by atoms with Crippen molar-refractivity contribution >= 4 is 23.1 Å². The van der Waals surface area contributed by atoms with E-state index < -0.39 is 0 Å². The first-order valence-corrected chi connectivity index (χ1v) is 4.90. The Balaban J connectivity index is 2.27. The second kappa shape index (κ2) is 4.60. The molecule has 0 radical (unpaired) electrons. The fourth-order valence-corrected chi connectivity index (χ4v) is 1.31. The van der Waals surface area contributed by atoms with Crippen LogP contribution in [0, 0.1) is 11.3 Å². The van der Waals surface area contributed by atoms with Crippen molar-refractivity contribution in [3.05, 3.63) is 47.4 Å². The van der Waals surface area contributed by atoms with E-state index in [-0.39, 0.29) is 0 Å². The molecule has 0 unspecified atom stereocenters. The summed E-state index contributed by atoms with van der Waals surface area (Å²) in [7, 11) is 0. The molecular weight excluding hydrogens is 224 g/mol. The lowest BCUT2D eigenvalue weighted by Crippen LogP contribution is -1.97. The molecule has 0 aliphatic carbocycles. The quantitative estimate of drug-likeness (QED) is 0.862. The Bertz CT molecular complexity index is 530. The van der Waals surface area contributed by atoms with Crippen LogP contribution in [0.4, 0.5) is 11.5 Å². The molecule has 0 bridgehead atoms. The van der Waals surface area contributed by atoms with E-state index in [4.69, 9.17) is 16.9 Å². The fraction of sp³-hybridized carbons (Fsp3) is 0. The highest BCUT2D eigenvalue weighted by atomic mass is 35.5. The molecule has 0 atom stereocenters. The zero-order chi connectivity index (χ0) is 11.4. The Morgan fingerprint density at radius 3 is 2.69 bits per heavy atom. The van der Waals surface area contributed by atoms with Gasteiger partial charge in [0, 0.05) is 10.7 Å². The number of aromatic nitrogens is 2. The average Bonchev–Trinajstić information content (AvgIpc) is 2.33. The van der Waals surface area contributed by atoms with Crippen LogP contribution in [0.25, 0.3) is 0 Å². The van der Waals surface area contributed by atoms with Crippen LogP contribution in [-0.2, 0) is 0 Å². The van der Waals surface area contributed by atoms with Gasteiger partial charge in [0.1, 0.15) is 18.0 Å². The summed E-state index contributed by atoms with van der Waals surface area (Å²) in [5.74, 6) is 0.486. The van der Waals surface area contributed by atoms with Crippen molar-refractivity contribution in [2.24, 2.45) is 0 Å². The van der Waals surface area contributed by atoms with Gasteiger partial charge in [-0.1, -0.05) is 11.6 Å². The summed E-state index contributed by atoms with van der Waals surface area (Å²) < 4.78 is 0. The third-order valence-corrected chi connectivity index (χ3v) is 2.19. The monoisotopic (exact) mass is 230 g/mol. The molecule has 0 aliphatic heterocycles. The average molecular weight is 231 g/mol. The molecule has 1 aromatic carbocycles. The van der Waals surface area contributed by atoms with Crippen molar-refractivity contribution < 1.29 is 0 Å².